The molecule has 2 rings (SSSR count). The number of rotatable bonds is 6. The molecule has 0 saturated heterocycles. The Morgan fingerprint density at radius 2 is 2.00 bits per heavy atom. The predicted octanol–water partition coefficient (Wildman–Crippen LogP) is 1.56. The van der Waals surface area contributed by atoms with Crippen molar-refractivity contribution in [3.8, 4) is 5.88 Å². The molecular formula is C16H17N3O5S. The van der Waals surface area contributed by atoms with Crippen LogP contribution >= 0.6 is 11.8 Å². The maximum Gasteiger partial charge on any atom is 0.337 e. The number of anilines is 1. The lowest BCUT2D eigenvalue weighted by atomic mass is 10.2. The molecule has 0 aliphatic heterocycles. The summed E-state index contributed by atoms with van der Waals surface area (Å²) in [5.74, 6) is -1.11. The predicted molar refractivity (Wildman–Crippen MR) is 93.0 cm³/mol. The number of aromatic hydroxyl groups is 1. The summed E-state index contributed by atoms with van der Waals surface area (Å²) in [7, 11) is 1.29. The normalized spacial score (nSPS) is 10.3. The number of H-pyrrole nitrogens is 1. The van der Waals surface area contributed by atoms with E-state index in [4.69, 9.17) is 0 Å². The van der Waals surface area contributed by atoms with E-state index in [1.807, 2.05) is 0 Å². The van der Waals surface area contributed by atoms with Gasteiger partial charge in [-0.25, -0.2) is 4.79 Å². The fourth-order valence-electron chi connectivity index (χ4n) is 1.99. The number of esters is 1. The number of thioether (sulfide) groups is 1. The largest absolute Gasteiger partial charge is 0.493 e. The fourth-order valence-corrected chi connectivity index (χ4v) is 2.65. The van der Waals surface area contributed by atoms with Gasteiger partial charge >= 0.3 is 5.97 Å². The molecule has 1 amide bonds. The number of benzene rings is 1. The molecule has 9 heteroatoms. The van der Waals surface area contributed by atoms with Gasteiger partial charge in [0.2, 0.25) is 11.8 Å². The van der Waals surface area contributed by atoms with E-state index < -0.39 is 11.5 Å². The highest BCUT2D eigenvalue weighted by Gasteiger charge is 2.11. The van der Waals surface area contributed by atoms with Crippen LogP contribution in [0.2, 0.25) is 0 Å². The smallest absolute Gasteiger partial charge is 0.337 e. The first-order chi connectivity index (χ1) is 11.9. The Morgan fingerprint density at radius 1 is 1.32 bits per heavy atom. The van der Waals surface area contributed by atoms with Crippen LogP contribution in [-0.4, -0.2) is 39.8 Å². The Kier molecular flexibility index (Phi) is 6.18. The zero-order valence-corrected chi connectivity index (χ0v) is 14.5. The molecule has 0 saturated carbocycles. The second-order valence-electron chi connectivity index (χ2n) is 4.93. The molecule has 3 N–H and O–H groups in total. The summed E-state index contributed by atoms with van der Waals surface area (Å²) in [5.41, 5.74) is 0.683. The Bertz CT molecular complexity index is 833. The number of amides is 1. The van der Waals surface area contributed by atoms with Gasteiger partial charge in [-0.2, -0.15) is 4.98 Å². The van der Waals surface area contributed by atoms with Crippen LogP contribution in [0.3, 0.4) is 0 Å². The summed E-state index contributed by atoms with van der Waals surface area (Å²) in [4.78, 5) is 41.4. The minimum atomic E-state index is -0.459. The lowest BCUT2D eigenvalue weighted by Crippen LogP contribution is -2.17. The SMILES string of the molecule is CCc1c(O)nc(SCC(=O)Nc2ccc(C(=O)OC)cc2)[nH]c1=O. The zero-order valence-electron chi connectivity index (χ0n) is 13.7. The van der Waals surface area contributed by atoms with Gasteiger partial charge in [-0.1, -0.05) is 18.7 Å². The van der Waals surface area contributed by atoms with Crippen LogP contribution < -0.4 is 10.9 Å². The van der Waals surface area contributed by atoms with Gasteiger partial charge in [-0.05, 0) is 30.7 Å². The van der Waals surface area contributed by atoms with Gasteiger partial charge in [0, 0.05) is 5.69 Å². The first-order valence-corrected chi connectivity index (χ1v) is 8.36. The molecule has 1 heterocycles. The van der Waals surface area contributed by atoms with Gasteiger partial charge in [0.1, 0.15) is 0 Å². The van der Waals surface area contributed by atoms with Crippen LogP contribution in [0.15, 0.2) is 34.2 Å². The fraction of sp³-hybridized carbons (Fsp3) is 0.250. The summed E-state index contributed by atoms with van der Waals surface area (Å²) < 4.78 is 4.59. The van der Waals surface area contributed by atoms with Crippen molar-refractivity contribution in [3.63, 3.8) is 0 Å². The second kappa shape index (κ2) is 8.34. The van der Waals surface area contributed by atoms with E-state index in [2.05, 4.69) is 20.0 Å². The van der Waals surface area contributed by atoms with E-state index in [0.29, 0.717) is 17.7 Å². The highest BCUT2D eigenvalue weighted by Crippen LogP contribution is 2.17. The lowest BCUT2D eigenvalue weighted by molar-refractivity contribution is -0.113. The number of carbonyl (C=O) groups is 2. The molecule has 2 aromatic rings. The second-order valence-corrected chi connectivity index (χ2v) is 5.90. The van der Waals surface area contributed by atoms with Gasteiger partial charge < -0.3 is 20.1 Å². The number of hydrogen-bond acceptors (Lipinski definition) is 7. The molecule has 0 radical (unpaired) electrons. The van der Waals surface area contributed by atoms with Crippen LogP contribution in [0.1, 0.15) is 22.8 Å². The van der Waals surface area contributed by atoms with Crippen molar-refractivity contribution in [3.05, 3.63) is 45.7 Å². The molecule has 0 atom stereocenters. The minimum Gasteiger partial charge on any atom is -0.493 e. The molecule has 0 fully saturated rings. The van der Waals surface area contributed by atoms with Gasteiger partial charge in [-0.15, -0.1) is 0 Å². The number of methoxy groups -OCH3 is 1. The number of ether oxygens (including phenoxy) is 1. The van der Waals surface area contributed by atoms with E-state index in [0.717, 1.165) is 11.8 Å². The number of hydrogen-bond donors (Lipinski definition) is 3. The van der Waals surface area contributed by atoms with Crippen molar-refractivity contribution in [2.24, 2.45) is 0 Å². The van der Waals surface area contributed by atoms with Gasteiger partial charge in [0.15, 0.2) is 5.16 Å². The highest BCUT2D eigenvalue weighted by molar-refractivity contribution is 7.99. The summed E-state index contributed by atoms with van der Waals surface area (Å²) in [6.45, 7) is 1.73. The Hall–Kier alpha value is -2.81. The highest BCUT2D eigenvalue weighted by atomic mass is 32.2. The third kappa shape index (κ3) is 4.83. The molecule has 0 aliphatic rings. The molecule has 0 aliphatic carbocycles. The Labute approximate surface area is 147 Å². The monoisotopic (exact) mass is 363 g/mol. The maximum atomic E-state index is 11.9. The lowest BCUT2D eigenvalue weighted by Gasteiger charge is -2.06. The summed E-state index contributed by atoms with van der Waals surface area (Å²) >= 11 is 0.994. The molecule has 0 unspecified atom stereocenters. The number of aromatic nitrogens is 2. The molecule has 8 nitrogen and oxygen atoms in total. The quantitative estimate of drug-likeness (QED) is 0.404. The van der Waals surface area contributed by atoms with E-state index in [-0.39, 0.29) is 28.3 Å². The van der Waals surface area contributed by atoms with Crippen LogP contribution in [0.25, 0.3) is 0 Å². The van der Waals surface area contributed by atoms with Crippen molar-refractivity contribution < 1.29 is 19.4 Å². The van der Waals surface area contributed by atoms with Crippen molar-refractivity contribution in [2.45, 2.75) is 18.5 Å². The number of carbonyl (C=O) groups excluding carboxylic acids is 2. The van der Waals surface area contributed by atoms with E-state index >= 15 is 0 Å². The van der Waals surface area contributed by atoms with Crippen molar-refractivity contribution in [1.29, 1.82) is 0 Å². The van der Waals surface area contributed by atoms with Crippen LogP contribution in [-0.2, 0) is 16.0 Å². The van der Waals surface area contributed by atoms with Crippen molar-refractivity contribution >= 4 is 29.3 Å². The molecule has 132 valence electrons. The standard InChI is InChI=1S/C16H17N3O5S/c1-3-11-13(21)18-16(19-14(11)22)25-8-12(20)17-10-6-4-9(5-7-10)15(23)24-2/h4-7H,3,8H2,1-2H3,(H,17,20)(H2,18,19,21,22). The Morgan fingerprint density at radius 3 is 2.56 bits per heavy atom. The average molecular weight is 363 g/mol. The molecule has 1 aromatic heterocycles. The average Bonchev–Trinajstić information content (AvgIpc) is 2.60. The minimum absolute atomic E-state index is 0.00734. The van der Waals surface area contributed by atoms with Crippen LogP contribution in [0.5, 0.6) is 5.88 Å². The van der Waals surface area contributed by atoms with Gasteiger partial charge in [0.05, 0.1) is 24.0 Å². The summed E-state index contributed by atoms with van der Waals surface area (Å²) in [6, 6.07) is 6.23. The molecule has 25 heavy (non-hydrogen) atoms. The molecule has 0 bridgehead atoms. The first-order valence-electron chi connectivity index (χ1n) is 7.37. The van der Waals surface area contributed by atoms with Crippen molar-refractivity contribution in [1.82, 2.24) is 9.97 Å². The van der Waals surface area contributed by atoms with E-state index in [1.165, 1.54) is 19.2 Å². The van der Waals surface area contributed by atoms with Crippen LogP contribution in [0, 0.1) is 0 Å². The van der Waals surface area contributed by atoms with Gasteiger partial charge in [0.25, 0.3) is 5.56 Å². The zero-order chi connectivity index (χ0) is 18.4. The summed E-state index contributed by atoms with van der Waals surface area (Å²) in [5, 5.41) is 12.5. The third-order valence-corrected chi connectivity index (χ3v) is 4.13. The number of aromatic amines is 1. The number of nitrogens with one attached hydrogen (secondary N) is 2. The van der Waals surface area contributed by atoms with E-state index in [1.54, 1.807) is 19.1 Å². The molecule has 1 aromatic carbocycles. The van der Waals surface area contributed by atoms with Crippen LogP contribution in [0.4, 0.5) is 5.69 Å². The van der Waals surface area contributed by atoms with Crippen molar-refractivity contribution in [2.75, 3.05) is 18.2 Å². The molecular weight excluding hydrogens is 346 g/mol. The number of nitrogens with zero attached hydrogens (tertiary/aromatic N) is 1. The first kappa shape index (κ1) is 18.5. The van der Waals surface area contributed by atoms with Gasteiger partial charge in [-0.3, -0.25) is 9.59 Å². The Balaban J connectivity index is 1.95. The topological polar surface area (TPSA) is 121 Å². The molecule has 0 spiro atoms. The summed E-state index contributed by atoms with van der Waals surface area (Å²) in [6.07, 6.45) is 0.362. The maximum absolute atomic E-state index is 11.9. The third-order valence-electron chi connectivity index (χ3n) is 3.26. The van der Waals surface area contributed by atoms with E-state index in [9.17, 15) is 19.5 Å².